The lowest BCUT2D eigenvalue weighted by Gasteiger charge is -2.07. The molecular formula is C16H18. The molecule has 0 nitrogen and oxygen atoms in total. The van der Waals surface area contributed by atoms with Gasteiger partial charge in [-0.1, -0.05) is 62.4 Å². The van der Waals surface area contributed by atoms with E-state index in [0.29, 0.717) is 0 Å². The first kappa shape index (κ1) is 10.9. The van der Waals surface area contributed by atoms with Gasteiger partial charge in [-0.2, -0.15) is 0 Å². The van der Waals surface area contributed by atoms with E-state index >= 15 is 0 Å². The highest BCUT2D eigenvalue weighted by Crippen LogP contribution is 2.22. The Morgan fingerprint density at radius 3 is 1.75 bits per heavy atom. The predicted molar refractivity (Wildman–Crippen MR) is 70.6 cm³/mol. The van der Waals surface area contributed by atoms with E-state index < -0.39 is 0 Å². The number of aryl methyl sites for hydroxylation is 2. The fourth-order valence-electron chi connectivity index (χ4n) is 1.97. The highest BCUT2D eigenvalue weighted by molar-refractivity contribution is 5.65. The van der Waals surface area contributed by atoms with Crippen LogP contribution in [0.2, 0.25) is 0 Å². The Kier molecular flexibility index (Phi) is 3.40. The van der Waals surface area contributed by atoms with Crippen LogP contribution < -0.4 is 0 Å². The molecule has 0 unspecified atom stereocenters. The molecule has 0 aliphatic rings. The maximum Gasteiger partial charge on any atom is -0.0179 e. The molecule has 82 valence electrons. The molecule has 2 aromatic rings. The standard InChI is InChI=1S/C16H18/c1-3-13-10-14(4-2)12-16(11-13)15-8-6-5-7-9-15/h5-12H,3-4H2,1-2H3. The summed E-state index contributed by atoms with van der Waals surface area (Å²) in [4.78, 5) is 0. The number of benzene rings is 2. The zero-order valence-corrected chi connectivity index (χ0v) is 10.0. The molecule has 0 saturated carbocycles. The van der Waals surface area contributed by atoms with Gasteiger partial charge >= 0.3 is 0 Å². The molecule has 0 aliphatic heterocycles. The molecular weight excluding hydrogens is 192 g/mol. The predicted octanol–water partition coefficient (Wildman–Crippen LogP) is 4.48. The van der Waals surface area contributed by atoms with Gasteiger partial charge in [0.1, 0.15) is 0 Å². The van der Waals surface area contributed by atoms with Gasteiger partial charge in [-0.25, -0.2) is 0 Å². The van der Waals surface area contributed by atoms with E-state index in [1.165, 1.54) is 22.3 Å². The molecule has 2 aromatic carbocycles. The van der Waals surface area contributed by atoms with Crippen LogP contribution in [0.4, 0.5) is 0 Å². The Morgan fingerprint density at radius 1 is 0.688 bits per heavy atom. The first-order chi connectivity index (χ1) is 7.83. The fraction of sp³-hybridized carbons (Fsp3) is 0.250. The largest absolute Gasteiger partial charge is 0.0622 e. The molecule has 16 heavy (non-hydrogen) atoms. The summed E-state index contributed by atoms with van der Waals surface area (Å²) in [6.07, 6.45) is 2.21. The van der Waals surface area contributed by atoms with Crippen LogP contribution in [0.3, 0.4) is 0 Å². The molecule has 0 spiro atoms. The summed E-state index contributed by atoms with van der Waals surface area (Å²) in [6.45, 7) is 4.42. The summed E-state index contributed by atoms with van der Waals surface area (Å²) in [7, 11) is 0. The molecule has 0 heterocycles. The van der Waals surface area contributed by atoms with Crippen LogP contribution in [-0.4, -0.2) is 0 Å². The van der Waals surface area contributed by atoms with Crippen LogP contribution >= 0.6 is 0 Å². The summed E-state index contributed by atoms with van der Waals surface area (Å²) < 4.78 is 0. The van der Waals surface area contributed by atoms with Crippen molar-refractivity contribution in [1.82, 2.24) is 0 Å². The van der Waals surface area contributed by atoms with E-state index in [4.69, 9.17) is 0 Å². The molecule has 0 amide bonds. The lowest BCUT2D eigenvalue weighted by atomic mass is 9.98. The van der Waals surface area contributed by atoms with Crippen molar-refractivity contribution in [1.29, 1.82) is 0 Å². The van der Waals surface area contributed by atoms with Crippen molar-refractivity contribution in [3.05, 3.63) is 59.7 Å². The quantitative estimate of drug-likeness (QED) is 0.700. The van der Waals surface area contributed by atoms with Gasteiger partial charge in [0.2, 0.25) is 0 Å². The van der Waals surface area contributed by atoms with Gasteiger partial charge in [-0.3, -0.25) is 0 Å². The average molecular weight is 210 g/mol. The fourth-order valence-corrected chi connectivity index (χ4v) is 1.97. The SMILES string of the molecule is CCc1cc(CC)cc(-c2ccccc2)c1. The monoisotopic (exact) mass is 210 g/mol. The van der Waals surface area contributed by atoms with Crippen LogP contribution in [-0.2, 0) is 12.8 Å². The van der Waals surface area contributed by atoms with Gasteiger partial charge in [-0.15, -0.1) is 0 Å². The molecule has 0 fully saturated rings. The minimum absolute atomic E-state index is 1.10. The maximum atomic E-state index is 2.31. The third kappa shape index (κ3) is 2.33. The van der Waals surface area contributed by atoms with Crippen LogP contribution in [0.25, 0.3) is 11.1 Å². The van der Waals surface area contributed by atoms with Gasteiger partial charge in [0.05, 0.1) is 0 Å². The first-order valence-corrected chi connectivity index (χ1v) is 6.01. The lowest BCUT2D eigenvalue weighted by Crippen LogP contribution is -1.88. The highest BCUT2D eigenvalue weighted by Gasteiger charge is 2.01. The van der Waals surface area contributed by atoms with Crippen LogP contribution in [0.1, 0.15) is 25.0 Å². The first-order valence-electron chi connectivity index (χ1n) is 6.01. The molecule has 0 aromatic heterocycles. The van der Waals surface area contributed by atoms with E-state index in [1.807, 2.05) is 0 Å². The minimum Gasteiger partial charge on any atom is -0.0622 e. The second-order valence-electron chi connectivity index (χ2n) is 4.11. The number of rotatable bonds is 3. The van der Waals surface area contributed by atoms with Crippen molar-refractivity contribution in [2.45, 2.75) is 26.7 Å². The summed E-state index contributed by atoms with van der Waals surface area (Å²) >= 11 is 0. The van der Waals surface area contributed by atoms with Crippen LogP contribution in [0.5, 0.6) is 0 Å². The molecule has 2 rings (SSSR count). The zero-order chi connectivity index (χ0) is 11.4. The van der Waals surface area contributed by atoms with Gasteiger partial charge in [0.15, 0.2) is 0 Å². The van der Waals surface area contributed by atoms with Gasteiger partial charge < -0.3 is 0 Å². The van der Waals surface area contributed by atoms with E-state index in [9.17, 15) is 0 Å². The molecule has 0 heteroatoms. The highest BCUT2D eigenvalue weighted by atomic mass is 14.1. The topological polar surface area (TPSA) is 0 Å². The summed E-state index contributed by atoms with van der Waals surface area (Å²) in [6, 6.07) is 17.5. The van der Waals surface area contributed by atoms with Crippen molar-refractivity contribution in [2.75, 3.05) is 0 Å². The second-order valence-corrected chi connectivity index (χ2v) is 4.11. The van der Waals surface area contributed by atoms with Crippen LogP contribution in [0, 0.1) is 0 Å². The Labute approximate surface area is 97.9 Å². The van der Waals surface area contributed by atoms with Crippen molar-refractivity contribution < 1.29 is 0 Å². The summed E-state index contributed by atoms with van der Waals surface area (Å²) in [5.41, 5.74) is 5.51. The van der Waals surface area contributed by atoms with Gasteiger partial charge in [0.25, 0.3) is 0 Å². The number of hydrogen-bond acceptors (Lipinski definition) is 0. The van der Waals surface area contributed by atoms with Gasteiger partial charge in [-0.05, 0) is 35.1 Å². The van der Waals surface area contributed by atoms with Crippen molar-refractivity contribution in [3.8, 4) is 11.1 Å². The average Bonchev–Trinajstić information content (AvgIpc) is 2.39. The Morgan fingerprint density at radius 2 is 1.25 bits per heavy atom. The molecule has 0 aliphatic carbocycles. The van der Waals surface area contributed by atoms with E-state index in [0.717, 1.165) is 12.8 Å². The Balaban J connectivity index is 2.48. The Bertz CT molecular complexity index is 432. The normalized spacial score (nSPS) is 10.4. The molecule has 0 N–H and O–H groups in total. The van der Waals surface area contributed by atoms with Gasteiger partial charge in [0, 0.05) is 0 Å². The summed E-state index contributed by atoms with van der Waals surface area (Å²) in [5.74, 6) is 0. The van der Waals surface area contributed by atoms with Crippen molar-refractivity contribution in [2.24, 2.45) is 0 Å². The molecule has 0 atom stereocenters. The van der Waals surface area contributed by atoms with Crippen molar-refractivity contribution in [3.63, 3.8) is 0 Å². The number of hydrogen-bond donors (Lipinski definition) is 0. The third-order valence-corrected chi connectivity index (χ3v) is 2.98. The Hall–Kier alpha value is -1.56. The third-order valence-electron chi connectivity index (χ3n) is 2.98. The zero-order valence-electron chi connectivity index (χ0n) is 10.0. The summed E-state index contributed by atoms with van der Waals surface area (Å²) in [5, 5.41) is 0. The molecule has 0 radical (unpaired) electrons. The second kappa shape index (κ2) is 4.98. The van der Waals surface area contributed by atoms with Crippen molar-refractivity contribution >= 4 is 0 Å². The van der Waals surface area contributed by atoms with E-state index in [-0.39, 0.29) is 0 Å². The minimum atomic E-state index is 1.10. The smallest absolute Gasteiger partial charge is 0.0179 e. The van der Waals surface area contributed by atoms with E-state index in [2.05, 4.69) is 62.4 Å². The van der Waals surface area contributed by atoms with Crippen LogP contribution in [0.15, 0.2) is 48.5 Å². The van der Waals surface area contributed by atoms with E-state index in [1.54, 1.807) is 0 Å². The maximum absolute atomic E-state index is 2.31. The molecule has 0 bridgehead atoms. The molecule has 0 saturated heterocycles. The lowest BCUT2D eigenvalue weighted by molar-refractivity contribution is 1.09.